The lowest BCUT2D eigenvalue weighted by atomic mass is 10.0. The highest BCUT2D eigenvalue weighted by Gasteiger charge is 2.62. The van der Waals surface area contributed by atoms with Crippen molar-refractivity contribution >= 4 is 43.3 Å². The number of ether oxygens (including phenoxy) is 1. The number of amides is 4. The van der Waals surface area contributed by atoms with Crippen LogP contribution >= 0.6 is 0 Å². The van der Waals surface area contributed by atoms with Crippen LogP contribution in [0.1, 0.15) is 129 Å². The van der Waals surface area contributed by atoms with Crippen LogP contribution in [-0.2, 0) is 64.4 Å². The molecular weight excluding hydrogens is 991 g/mol. The normalized spacial score (nSPS) is 16.9. The van der Waals surface area contributed by atoms with Crippen molar-refractivity contribution < 1.29 is 54.6 Å². The van der Waals surface area contributed by atoms with E-state index in [1.807, 2.05) is 12.1 Å². The third kappa shape index (κ3) is 10.5. The molecule has 0 bridgehead atoms. The zero-order chi connectivity index (χ0) is 53.5. The van der Waals surface area contributed by atoms with E-state index >= 15 is 0 Å². The number of aromatic nitrogens is 4. The van der Waals surface area contributed by atoms with Crippen molar-refractivity contribution in [2.75, 3.05) is 39.4 Å². The Bertz CT molecular complexity index is 3130. The predicted octanol–water partition coefficient (Wildman–Crippen LogP) is 3.12. The quantitative estimate of drug-likeness (QED) is 0.129. The van der Waals surface area contributed by atoms with Crippen LogP contribution in [0.25, 0.3) is 0 Å². The number of nitriles is 2. The van der Waals surface area contributed by atoms with Gasteiger partial charge < -0.3 is 30.3 Å². The maximum absolute atomic E-state index is 13.4. The van der Waals surface area contributed by atoms with Crippen LogP contribution in [-0.4, -0.2) is 140 Å². The molecule has 0 unspecified atom stereocenters. The fraction of sp³-hybridized carbons (Fsp3) is 0.510. The average Bonchev–Trinajstić information content (AvgIpc) is 4.28. The molecule has 4 amide bonds. The van der Waals surface area contributed by atoms with E-state index in [0.29, 0.717) is 60.8 Å². The smallest absolute Gasteiger partial charge is 0.345 e. The topological polar surface area (TPSA) is 280 Å². The molecule has 2 fully saturated rings. The third-order valence-corrected chi connectivity index (χ3v) is 20.7. The molecule has 2 saturated carbocycles. The van der Waals surface area contributed by atoms with Crippen LogP contribution in [0, 0.1) is 22.7 Å². The Balaban J connectivity index is 0.000000214. The molecule has 4 heterocycles. The summed E-state index contributed by atoms with van der Waals surface area (Å²) in [5.41, 5.74) is 4.51. The van der Waals surface area contributed by atoms with E-state index in [-0.39, 0.29) is 68.0 Å². The number of nitrogens with zero attached hydrogens (tertiary/aromatic N) is 8. The number of benzene rings is 2. The number of rotatable bonds is 18. The van der Waals surface area contributed by atoms with Crippen molar-refractivity contribution in [1.82, 2.24) is 40.0 Å². The Morgan fingerprint density at radius 2 is 1.08 bits per heavy atom. The lowest BCUT2D eigenvalue weighted by Gasteiger charge is -2.35. The first kappa shape index (κ1) is 54.2. The molecule has 73 heavy (non-hydrogen) atoms. The largest absolute Gasteiger partial charge is 0.395 e. The average molecular weight is 1050 g/mol. The number of hydrogen-bond donors (Lipinski definition) is 3. The predicted molar refractivity (Wildman–Crippen MR) is 259 cm³/mol. The first-order valence-corrected chi connectivity index (χ1v) is 26.5. The molecule has 2 aliphatic heterocycles. The summed E-state index contributed by atoms with van der Waals surface area (Å²) in [5.74, 6) is -1.64. The number of alkyl halides is 2. The van der Waals surface area contributed by atoms with Crippen LogP contribution in [0.2, 0.25) is 0 Å². The van der Waals surface area contributed by atoms with E-state index in [0.717, 1.165) is 11.1 Å². The lowest BCUT2D eigenvalue weighted by molar-refractivity contribution is -0.133. The van der Waals surface area contributed by atoms with Crippen molar-refractivity contribution in [3.8, 4) is 12.1 Å². The highest BCUT2D eigenvalue weighted by molar-refractivity contribution is 7.94. The lowest BCUT2D eigenvalue weighted by Crippen LogP contribution is -2.52. The van der Waals surface area contributed by atoms with Gasteiger partial charge in [0.1, 0.15) is 11.4 Å². The van der Waals surface area contributed by atoms with Gasteiger partial charge in [-0.1, -0.05) is 24.3 Å². The number of aliphatic hydroxyl groups is 1. The Labute approximate surface area is 422 Å². The number of aryl methyl sites for hydroxylation is 2. The third-order valence-electron chi connectivity index (χ3n) is 14.1. The van der Waals surface area contributed by atoms with Gasteiger partial charge in [0.05, 0.1) is 55.5 Å². The fourth-order valence-electron chi connectivity index (χ4n) is 9.33. The van der Waals surface area contributed by atoms with Gasteiger partial charge in [0.2, 0.25) is 0 Å². The number of aliphatic hydroxyl groups excluding tert-OH is 1. The molecular formula is C49H58F2N10O10S2. The van der Waals surface area contributed by atoms with Crippen molar-refractivity contribution in [3.63, 3.8) is 0 Å². The maximum atomic E-state index is 13.4. The van der Waals surface area contributed by atoms with Crippen molar-refractivity contribution in [3.05, 3.63) is 105 Å². The maximum Gasteiger partial charge on any atom is 0.345 e. The minimum atomic E-state index is -3.94. The summed E-state index contributed by atoms with van der Waals surface area (Å²) in [6.07, 6.45) is 2.22. The van der Waals surface area contributed by atoms with Gasteiger partial charge in [-0.05, 0) is 102 Å². The molecule has 4 aliphatic rings. The molecule has 24 heteroatoms. The van der Waals surface area contributed by atoms with Crippen LogP contribution in [0.4, 0.5) is 8.78 Å². The Morgan fingerprint density at radius 1 is 0.712 bits per heavy atom. The SMILES string of the molecule is Cn1nc(C(=O)NCc2ccc(C#N)cc2)c2c1C(=O)N(CC1(S(=O)(=O)C(C)(C)CO)CC1)CC2.Cn1nc(C(=O)NCc2ccc(C#N)cc2)c2c1C(=O)N(CC1(S(=O)(=O)C(C)(C)COC(F)F)CC1)CC2. The number of nitrogens with one attached hydrogen (secondary N) is 2. The standard InChI is InChI=1S/C25H29F2N5O5S.C24H29N5O5S/c1-24(2,15-37-23(26)27)38(35,36)25(9-10-25)14-32-11-8-18-19(30-31(3)20(18)22(32)34)21(33)29-13-17-6-4-16(12-28)5-7-17;1-23(2,15-30)35(33,34)24(9-10-24)14-29-11-8-18-19(27-28(3)20(18)22(29)32)21(31)26-13-17-6-4-16(12-25)5-7-17/h4-7,23H,8-11,13-15H2,1-3H3,(H,29,33);4-7,30H,8-11,13-15H2,1-3H3,(H,26,31). The zero-order valence-electron chi connectivity index (χ0n) is 41.4. The molecule has 8 rings (SSSR count). The number of carbonyl (C=O) groups is 4. The minimum Gasteiger partial charge on any atom is -0.395 e. The van der Waals surface area contributed by atoms with Gasteiger partial charge in [-0.15, -0.1) is 0 Å². The van der Waals surface area contributed by atoms with Gasteiger partial charge in [0, 0.05) is 64.5 Å². The molecule has 390 valence electrons. The second-order valence-electron chi connectivity index (χ2n) is 20.2. The Kier molecular flexibility index (Phi) is 15.1. The first-order chi connectivity index (χ1) is 34.3. The summed E-state index contributed by atoms with van der Waals surface area (Å²) in [6, 6.07) is 17.7. The van der Waals surface area contributed by atoms with Gasteiger partial charge >= 0.3 is 6.61 Å². The number of halogens is 2. The number of carbonyl (C=O) groups excluding carboxylic acids is 4. The monoisotopic (exact) mass is 1050 g/mol. The molecule has 0 saturated heterocycles. The van der Waals surface area contributed by atoms with E-state index in [1.165, 1.54) is 46.9 Å². The van der Waals surface area contributed by atoms with Gasteiger partial charge in [-0.25, -0.2) is 16.8 Å². The van der Waals surface area contributed by atoms with Gasteiger partial charge in [-0.2, -0.15) is 29.5 Å². The molecule has 0 atom stereocenters. The summed E-state index contributed by atoms with van der Waals surface area (Å²) >= 11 is 0. The van der Waals surface area contributed by atoms with E-state index in [9.17, 15) is 49.9 Å². The van der Waals surface area contributed by atoms with E-state index in [4.69, 9.17) is 10.5 Å². The number of sulfone groups is 2. The minimum absolute atomic E-state index is 0.0580. The fourth-order valence-corrected chi connectivity index (χ4v) is 14.0. The highest BCUT2D eigenvalue weighted by atomic mass is 32.2. The van der Waals surface area contributed by atoms with E-state index in [1.54, 1.807) is 62.6 Å². The van der Waals surface area contributed by atoms with Gasteiger partial charge in [-0.3, -0.25) is 28.5 Å². The molecule has 0 spiro atoms. The molecule has 2 aromatic carbocycles. The van der Waals surface area contributed by atoms with Crippen LogP contribution in [0.3, 0.4) is 0 Å². The first-order valence-electron chi connectivity index (χ1n) is 23.5. The molecule has 3 N–H and O–H groups in total. The summed E-state index contributed by atoms with van der Waals surface area (Å²) in [5, 5.41) is 41.6. The van der Waals surface area contributed by atoms with Crippen molar-refractivity contribution in [2.24, 2.45) is 14.1 Å². The van der Waals surface area contributed by atoms with E-state index < -0.39 is 76.2 Å². The second kappa shape index (κ2) is 20.4. The van der Waals surface area contributed by atoms with Crippen LogP contribution < -0.4 is 10.6 Å². The van der Waals surface area contributed by atoms with Gasteiger partial charge in [0.15, 0.2) is 31.1 Å². The Hall–Kier alpha value is -6.60. The van der Waals surface area contributed by atoms with Crippen molar-refractivity contribution in [2.45, 2.75) is 105 Å². The molecule has 2 aromatic heterocycles. The number of hydrogen-bond acceptors (Lipinski definition) is 14. The van der Waals surface area contributed by atoms with E-state index in [2.05, 4.69) is 25.6 Å². The molecule has 0 radical (unpaired) electrons. The molecule has 4 aromatic rings. The van der Waals surface area contributed by atoms with Crippen LogP contribution in [0.15, 0.2) is 48.5 Å². The van der Waals surface area contributed by atoms with Crippen molar-refractivity contribution in [1.29, 1.82) is 10.5 Å². The highest BCUT2D eigenvalue weighted by Crippen LogP contribution is 2.50. The second-order valence-corrected chi connectivity index (χ2v) is 26.1. The summed E-state index contributed by atoms with van der Waals surface area (Å²) in [7, 11) is -4.48. The summed E-state index contributed by atoms with van der Waals surface area (Å²) < 4.78 is 80.3. The Morgan fingerprint density at radius 3 is 1.41 bits per heavy atom. The summed E-state index contributed by atoms with van der Waals surface area (Å²) in [6.45, 7) is 2.40. The number of fused-ring (bicyclic) bond motifs is 2. The molecule has 2 aliphatic carbocycles. The summed E-state index contributed by atoms with van der Waals surface area (Å²) in [4.78, 5) is 55.5. The zero-order valence-corrected chi connectivity index (χ0v) is 43.0. The van der Waals surface area contributed by atoms with Crippen LogP contribution in [0.5, 0.6) is 0 Å². The van der Waals surface area contributed by atoms with Gasteiger partial charge in [0.25, 0.3) is 23.6 Å². The molecule has 20 nitrogen and oxygen atoms in total.